The number of halogens is 2. The lowest BCUT2D eigenvalue weighted by atomic mass is 10.2. The van der Waals surface area contributed by atoms with Crippen LogP contribution in [0.1, 0.15) is 18.9 Å². The van der Waals surface area contributed by atoms with Crippen LogP contribution in [0.2, 0.25) is 0 Å². The van der Waals surface area contributed by atoms with Gasteiger partial charge in [0.15, 0.2) is 0 Å². The topological polar surface area (TPSA) is 46.5 Å². The first kappa shape index (κ1) is 14.5. The summed E-state index contributed by atoms with van der Waals surface area (Å²) in [5.74, 6) is -0.241. The van der Waals surface area contributed by atoms with Crippen LogP contribution >= 0.6 is 38.5 Å². The molecule has 1 rings (SSSR count). The standard InChI is InChI=1S/C12H12BrIO3/c1-2-5-17-12-8(3-4-11(15)16)6-9(13)7-10(12)14/h3-4,6-7H,2,5H2,1H3,(H,15,16)/b4-3+. The smallest absolute Gasteiger partial charge is 0.328 e. The average Bonchev–Trinajstić information content (AvgIpc) is 2.24. The molecule has 92 valence electrons. The van der Waals surface area contributed by atoms with Crippen molar-refractivity contribution in [1.82, 2.24) is 0 Å². The molecule has 0 saturated carbocycles. The van der Waals surface area contributed by atoms with Crippen LogP contribution in [0.3, 0.4) is 0 Å². The Morgan fingerprint density at radius 2 is 2.29 bits per heavy atom. The van der Waals surface area contributed by atoms with Gasteiger partial charge in [-0.2, -0.15) is 0 Å². The zero-order chi connectivity index (χ0) is 12.8. The van der Waals surface area contributed by atoms with Gasteiger partial charge < -0.3 is 9.84 Å². The molecule has 1 aromatic carbocycles. The lowest BCUT2D eigenvalue weighted by molar-refractivity contribution is -0.131. The van der Waals surface area contributed by atoms with E-state index in [9.17, 15) is 4.79 Å². The van der Waals surface area contributed by atoms with E-state index in [4.69, 9.17) is 9.84 Å². The molecule has 0 unspecified atom stereocenters. The first-order valence-corrected chi connectivity index (χ1v) is 6.94. The average molecular weight is 411 g/mol. The number of carboxylic acid groups (broad SMARTS) is 1. The van der Waals surface area contributed by atoms with Crippen LogP contribution in [0.4, 0.5) is 0 Å². The van der Waals surface area contributed by atoms with E-state index in [0.717, 1.165) is 31.9 Å². The van der Waals surface area contributed by atoms with Crippen LogP contribution in [0.25, 0.3) is 6.08 Å². The van der Waals surface area contributed by atoms with Crippen LogP contribution < -0.4 is 4.74 Å². The van der Waals surface area contributed by atoms with E-state index in [2.05, 4.69) is 38.5 Å². The van der Waals surface area contributed by atoms with Crippen LogP contribution in [0, 0.1) is 3.57 Å². The van der Waals surface area contributed by atoms with Crippen molar-refractivity contribution in [3.8, 4) is 5.75 Å². The summed E-state index contributed by atoms with van der Waals surface area (Å²) in [6.45, 7) is 2.64. The van der Waals surface area contributed by atoms with Crippen LogP contribution in [-0.2, 0) is 4.79 Å². The van der Waals surface area contributed by atoms with Gasteiger partial charge in [-0.25, -0.2) is 4.79 Å². The van der Waals surface area contributed by atoms with Gasteiger partial charge in [-0.05, 0) is 47.2 Å². The molecular formula is C12H12BrIO3. The molecule has 0 saturated heterocycles. The number of hydrogen-bond acceptors (Lipinski definition) is 2. The van der Waals surface area contributed by atoms with Gasteiger partial charge in [0.2, 0.25) is 0 Å². The highest BCUT2D eigenvalue weighted by atomic mass is 127. The molecule has 0 aliphatic carbocycles. The van der Waals surface area contributed by atoms with E-state index in [1.165, 1.54) is 0 Å². The van der Waals surface area contributed by atoms with Gasteiger partial charge in [0.25, 0.3) is 0 Å². The van der Waals surface area contributed by atoms with Crippen molar-refractivity contribution in [2.24, 2.45) is 0 Å². The molecule has 5 heteroatoms. The van der Waals surface area contributed by atoms with E-state index in [1.807, 2.05) is 19.1 Å². The highest BCUT2D eigenvalue weighted by Crippen LogP contribution is 2.31. The minimum Gasteiger partial charge on any atom is -0.492 e. The second-order valence-electron chi connectivity index (χ2n) is 3.33. The number of rotatable bonds is 5. The van der Waals surface area contributed by atoms with Gasteiger partial charge >= 0.3 is 5.97 Å². The summed E-state index contributed by atoms with van der Waals surface area (Å²) in [5.41, 5.74) is 0.764. The zero-order valence-electron chi connectivity index (χ0n) is 9.24. The van der Waals surface area contributed by atoms with E-state index in [-0.39, 0.29) is 0 Å². The Balaban J connectivity index is 3.10. The molecule has 0 bridgehead atoms. The summed E-state index contributed by atoms with van der Waals surface area (Å²) in [5, 5.41) is 8.64. The third-order valence-corrected chi connectivity index (χ3v) is 3.15. The Kier molecular flexibility index (Phi) is 5.97. The van der Waals surface area contributed by atoms with E-state index in [0.29, 0.717) is 6.61 Å². The van der Waals surface area contributed by atoms with Crippen LogP contribution in [-0.4, -0.2) is 17.7 Å². The Morgan fingerprint density at radius 3 is 2.88 bits per heavy atom. The first-order chi connectivity index (χ1) is 8.04. The number of carbonyl (C=O) groups is 1. The molecule has 0 atom stereocenters. The SMILES string of the molecule is CCCOc1c(I)cc(Br)cc1/C=C/C(=O)O. The van der Waals surface area contributed by atoms with Crippen molar-refractivity contribution in [3.05, 3.63) is 31.8 Å². The van der Waals surface area contributed by atoms with Crippen molar-refractivity contribution in [2.45, 2.75) is 13.3 Å². The number of ether oxygens (including phenoxy) is 1. The fourth-order valence-electron chi connectivity index (χ4n) is 1.22. The third kappa shape index (κ3) is 4.67. The maximum absolute atomic E-state index is 10.5. The zero-order valence-corrected chi connectivity index (χ0v) is 13.0. The van der Waals surface area contributed by atoms with Gasteiger partial charge in [0.1, 0.15) is 5.75 Å². The molecule has 1 N–H and O–H groups in total. The predicted molar refractivity (Wildman–Crippen MR) is 79.3 cm³/mol. The van der Waals surface area contributed by atoms with Crippen molar-refractivity contribution in [3.63, 3.8) is 0 Å². The molecule has 0 radical (unpaired) electrons. The molecular weight excluding hydrogens is 399 g/mol. The van der Waals surface area contributed by atoms with E-state index in [1.54, 1.807) is 6.08 Å². The number of carboxylic acids is 1. The van der Waals surface area contributed by atoms with Gasteiger partial charge in [-0.3, -0.25) is 0 Å². The third-order valence-electron chi connectivity index (χ3n) is 1.89. The molecule has 17 heavy (non-hydrogen) atoms. The molecule has 0 aliphatic heterocycles. The highest BCUT2D eigenvalue weighted by Gasteiger charge is 2.08. The Morgan fingerprint density at radius 1 is 1.59 bits per heavy atom. The Labute approximate surface area is 122 Å². The van der Waals surface area contributed by atoms with Gasteiger partial charge in [0, 0.05) is 16.1 Å². The molecule has 0 heterocycles. The normalized spacial score (nSPS) is 10.8. The number of hydrogen-bond donors (Lipinski definition) is 1. The summed E-state index contributed by atoms with van der Waals surface area (Å²) in [6.07, 6.45) is 3.56. The van der Waals surface area contributed by atoms with Crippen molar-refractivity contribution < 1.29 is 14.6 Å². The maximum atomic E-state index is 10.5. The van der Waals surface area contributed by atoms with Crippen molar-refractivity contribution >= 4 is 50.6 Å². The summed E-state index contributed by atoms with van der Waals surface area (Å²) in [4.78, 5) is 10.5. The lowest BCUT2D eigenvalue weighted by Gasteiger charge is -2.11. The van der Waals surface area contributed by atoms with E-state index < -0.39 is 5.97 Å². The minimum absolute atomic E-state index is 0.617. The van der Waals surface area contributed by atoms with Gasteiger partial charge in [-0.15, -0.1) is 0 Å². The predicted octanol–water partition coefficient (Wildman–Crippen LogP) is 3.94. The minimum atomic E-state index is -0.971. The van der Waals surface area contributed by atoms with E-state index >= 15 is 0 Å². The fraction of sp³-hybridized carbons (Fsp3) is 0.250. The maximum Gasteiger partial charge on any atom is 0.328 e. The molecule has 0 spiro atoms. The molecule has 1 aromatic rings. The molecule has 3 nitrogen and oxygen atoms in total. The van der Waals surface area contributed by atoms with Crippen LogP contribution in [0.5, 0.6) is 5.75 Å². The quantitative estimate of drug-likeness (QED) is 0.590. The fourth-order valence-corrected chi connectivity index (χ4v) is 2.93. The highest BCUT2D eigenvalue weighted by molar-refractivity contribution is 14.1. The Hall–Kier alpha value is -0.560. The number of benzene rings is 1. The molecule has 0 fully saturated rings. The van der Waals surface area contributed by atoms with Crippen LogP contribution in [0.15, 0.2) is 22.7 Å². The first-order valence-electron chi connectivity index (χ1n) is 5.07. The van der Waals surface area contributed by atoms with Gasteiger partial charge in [-0.1, -0.05) is 22.9 Å². The molecule has 0 amide bonds. The monoisotopic (exact) mass is 410 g/mol. The second-order valence-corrected chi connectivity index (χ2v) is 5.40. The summed E-state index contributed by atoms with van der Waals surface area (Å²) in [6, 6.07) is 3.77. The molecule has 0 aliphatic rings. The van der Waals surface area contributed by atoms with Gasteiger partial charge in [0.05, 0.1) is 10.2 Å². The summed E-state index contributed by atoms with van der Waals surface area (Å²) < 4.78 is 7.48. The lowest BCUT2D eigenvalue weighted by Crippen LogP contribution is -1.99. The summed E-state index contributed by atoms with van der Waals surface area (Å²) in [7, 11) is 0. The summed E-state index contributed by atoms with van der Waals surface area (Å²) >= 11 is 5.55. The Bertz CT molecular complexity index is 444. The van der Waals surface area contributed by atoms with Crippen molar-refractivity contribution in [2.75, 3.05) is 6.61 Å². The largest absolute Gasteiger partial charge is 0.492 e. The molecule has 0 aromatic heterocycles. The van der Waals surface area contributed by atoms with Crippen molar-refractivity contribution in [1.29, 1.82) is 0 Å². The second kappa shape index (κ2) is 7.00. The number of aliphatic carboxylic acids is 1.